The second-order valence-corrected chi connectivity index (χ2v) is 4.86. The monoisotopic (exact) mass is 223 g/mol. The molecule has 3 N–H and O–H groups in total. The van der Waals surface area contributed by atoms with Gasteiger partial charge in [0.1, 0.15) is 11.5 Å². The molecular formula is C13H21NO2. The van der Waals surface area contributed by atoms with Crippen molar-refractivity contribution in [2.75, 3.05) is 6.61 Å². The topological polar surface area (TPSA) is 55.5 Å². The smallest absolute Gasteiger partial charge is 0.126 e. The molecular weight excluding hydrogens is 202 g/mol. The van der Waals surface area contributed by atoms with E-state index in [1.807, 2.05) is 13.0 Å². The van der Waals surface area contributed by atoms with Crippen molar-refractivity contribution in [2.24, 2.45) is 5.73 Å². The maximum absolute atomic E-state index is 9.75. The van der Waals surface area contributed by atoms with E-state index in [-0.39, 0.29) is 11.2 Å². The highest BCUT2D eigenvalue weighted by atomic mass is 16.5. The lowest BCUT2D eigenvalue weighted by atomic mass is 9.85. The molecule has 0 radical (unpaired) electrons. The second kappa shape index (κ2) is 4.74. The molecule has 16 heavy (non-hydrogen) atoms. The number of hydrogen-bond donors (Lipinski definition) is 2. The summed E-state index contributed by atoms with van der Waals surface area (Å²) >= 11 is 0. The van der Waals surface area contributed by atoms with Gasteiger partial charge in [-0.15, -0.1) is 0 Å². The third kappa shape index (κ3) is 2.67. The summed E-state index contributed by atoms with van der Waals surface area (Å²) in [6, 6.07) is 3.59. The molecule has 3 heteroatoms. The largest absolute Gasteiger partial charge is 0.507 e. The molecule has 0 bridgehead atoms. The summed E-state index contributed by atoms with van der Waals surface area (Å²) in [7, 11) is 0. The minimum absolute atomic E-state index is 0.0257. The summed E-state index contributed by atoms with van der Waals surface area (Å²) in [5.74, 6) is 0.948. The molecule has 0 heterocycles. The van der Waals surface area contributed by atoms with Crippen LogP contribution < -0.4 is 10.5 Å². The third-order valence-electron chi connectivity index (χ3n) is 2.51. The summed E-state index contributed by atoms with van der Waals surface area (Å²) in [6.45, 7) is 9.19. The fourth-order valence-electron chi connectivity index (χ4n) is 1.64. The fourth-order valence-corrected chi connectivity index (χ4v) is 1.64. The van der Waals surface area contributed by atoms with Crippen LogP contribution in [0.3, 0.4) is 0 Å². The lowest BCUT2D eigenvalue weighted by Crippen LogP contribution is -2.14. The lowest BCUT2D eigenvalue weighted by Gasteiger charge is -2.24. The molecule has 1 aromatic carbocycles. The average Bonchev–Trinajstić information content (AvgIpc) is 2.16. The predicted molar refractivity (Wildman–Crippen MR) is 65.9 cm³/mol. The first-order chi connectivity index (χ1) is 7.40. The van der Waals surface area contributed by atoms with Crippen molar-refractivity contribution < 1.29 is 9.84 Å². The van der Waals surface area contributed by atoms with Crippen LogP contribution >= 0.6 is 0 Å². The zero-order valence-electron chi connectivity index (χ0n) is 10.5. The van der Waals surface area contributed by atoms with Crippen LogP contribution in [0.4, 0.5) is 0 Å². The molecule has 0 fully saturated rings. The molecule has 0 unspecified atom stereocenters. The van der Waals surface area contributed by atoms with Crippen molar-refractivity contribution in [3.05, 3.63) is 23.3 Å². The quantitative estimate of drug-likeness (QED) is 0.828. The first-order valence-corrected chi connectivity index (χ1v) is 5.59. The highest BCUT2D eigenvalue weighted by Crippen LogP contribution is 2.36. The van der Waals surface area contributed by atoms with Crippen LogP contribution in [-0.2, 0) is 12.0 Å². The van der Waals surface area contributed by atoms with E-state index in [1.54, 1.807) is 6.07 Å². The summed E-state index contributed by atoms with van der Waals surface area (Å²) in [5.41, 5.74) is 7.39. The van der Waals surface area contributed by atoms with E-state index in [0.29, 0.717) is 13.2 Å². The van der Waals surface area contributed by atoms with Crippen LogP contribution in [0.2, 0.25) is 0 Å². The van der Waals surface area contributed by atoms with Gasteiger partial charge in [-0.25, -0.2) is 0 Å². The Hall–Kier alpha value is -1.22. The van der Waals surface area contributed by atoms with Crippen molar-refractivity contribution in [3.63, 3.8) is 0 Å². The highest BCUT2D eigenvalue weighted by Gasteiger charge is 2.21. The molecule has 0 aromatic heterocycles. The van der Waals surface area contributed by atoms with E-state index >= 15 is 0 Å². The van der Waals surface area contributed by atoms with Gasteiger partial charge < -0.3 is 15.6 Å². The average molecular weight is 223 g/mol. The zero-order valence-corrected chi connectivity index (χ0v) is 10.5. The molecule has 1 aromatic rings. The molecule has 0 amide bonds. The summed E-state index contributed by atoms with van der Waals surface area (Å²) in [4.78, 5) is 0. The van der Waals surface area contributed by atoms with Crippen molar-refractivity contribution in [1.82, 2.24) is 0 Å². The molecule has 90 valence electrons. The van der Waals surface area contributed by atoms with E-state index in [0.717, 1.165) is 16.9 Å². The number of rotatable bonds is 3. The van der Waals surface area contributed by atoms with Crippen LogP contribution in [0.15, 0.2) is 12.1 Å². The number of hydrogen-bond acceptors (Lipinski definition) is 3. The van der Waals surface area contributed by atoms with Crippen molar-refractivity contribution in [2.45, 2.75) is 39.7 Å². The maximum atomic E-state index is 9.75. The predicted octanol–water partition coefficient (Wildman–Crippen LogP) is 2.55. The van der Waals surface area contributed by atoms with E-state index in [1.165, 1.54) is 0 Å². The van der Waals surface area contributed by atoms with Gasteiger partial charge in [-0.2, -0.15) is 0 Å². The minimum atomic E-state index is -0.0257. The summed E-state index contributed by atoms with van der Waals surface area (Å²) in [5, 5.41) is 9.75. The highest BCUT2D eigenvalue weighted by molar-refractivity contribution is 5.48. The standard InChI is InChI=1S/C13H21NO2/c1-5-16-12-7-11(15)9(8-14)6-10(12)13(2,3)4/h6-7,15H,5,8,14H2,1-4H3. The third-order valence-corrected chi connectivity index (χ3v) is 2.51. The van der Waals surface area contributed by atoms with Gasteiger partial charge in [-0.3, -0.25) is 0 Å². The van der Waals surface area contributed by atoms with E-state index in [9.17, 15) is 5.11 Å². The van der Waals surface area contributed by atoms with E-state index in [4.69, 9.17) is 10.5 Å². The maximum Gasteiger partial charge on any atom is 0.126 e. The van der Waals surface area contributed by atoms with Gasteiger partial charge in [-0.05, 0) is 18.4 Å². The summed E-state index contributed by atoms with van der Waals surface area (Å²) < 4.78 is 5.54. The van der Waals surface area contributed by atoms with Crippen LogP contribution in [0.25, 0.3) is 0 Å². The number of ether oxygens (including phenoxy) is 1. The van der Waals surface area contributed by atoms with Gasteiger partial charge >= 0.3 is 0 Å². The van der Waals surface area contributed by atoms with E-state index in [2.05, 4.69) is 20.8 Å². The molecule has 0 saturated heterocycles. The molecule has 0 saturated carbocycles. The molecule has 0 atom stereocenters. The van der Waals surface area contributed by atoms with E-state index < -0.39 is 0 Å². The fraction of sp³-hybridized carbons (Fsp3) is 0.538. The van der Waals surface area contributed by atoms with Crippen LogP contribution in [0, 0.1) is 0 Å². The Balaban J connectivity index is 3.31. The number of phenolic OH excluding ortho intramolecular Hbond substituents is 1. The Morgan fingerprint density at radius 3 is 2.38 bits per heavy atom. The first kappa shape index (κ1) is 12.8. The molecule has 0 aliphatic heterocycles. The summed E-state index contributed by atoms with van der Waals surface area (Å²) in [6.07, 6.45) is 0. The van der Waals surface area contributed by atoms with Crippen molar-refractivity contribution >= 4 is 0 Å². The number of benzene rings is 1. The van der Waals surface area contributed by atoms with Gasteiger partial charge in [-0.1, -0.05) is 20.8 Å². The lowest BCUT2D eigenvalue weighted by molar-refractivity contribution is 0.327. The minimum Gasteiger partial charge on any atom is -0.507 e. The van der Waals surface area contributed by atoms with Gasteiger partial charge in [0.25, 0.3) is 0 Å². The zero-order chi connectivity index (χ0) is 12.3. The van der Waals surface area contributed by atoms with Gasteiger partial charge in [0.15, 0.2) is 0 Å². The van der Waals surface area contributed by atoms with Gasteiger partial charge in [0.05, 0.1) is 6.61 Å². The van der Waals surface area contributed by atoms with Crippen LogP contribution in [0.1, 0.15) is 38.8 Å². The molecule has 0 spiro atoms. The van der Waals surface area contributed by atoms with Gasteiger partial charge in [0, 0.05) is 23.7 Å². The Labute approximate surface area is 97.2 Å². The van der Waals surface area contributed by atoms with Crippen molar-refractivity contribution in [1.29, 1.82) is 0 Å². The van der Waals surface area contributed by atoms with Gasteiger partial charge in [0.2, 0.25) is 0 Å². The number of nitrogens with two attached hydrogens (primary N) is 1. The Morgan fingerprint density at radius 2 is 1.94 bits per heavy atom. The SMILES string of the molecule is CCOc1cc(O)c(CN)cc1C(C)(C)C. The second-order valence-electron chi connectivity index (χ2n) is 4.86. The van der Waals surface area contributed by atoms with Crippen molar-refractivity contribution in [3.8, 4) is 11.5 Å². The molecule has 3 nitrogen and oxygen atoms in total. The Bertz CT molecular complexity index is 367. The normalized spacial score (nSPS) is 11.6. The molecule has 0 aliphatic rings. The number of aromatic hydroxyl groups is 1. The Kier molecular flexibility index (Phi) is 3.81. The van der Waals surface area contributed by atoms with Crippen LogP contribution in [0.5, 0.6) is 11.5 Å². The first-order valence-electron chi connectivity index (χ1n) is 5.59. The Morgan fingerprint density at radius 1 is 1.31 bits per heavy atom. The number of phenols is 1. The molecule has 1 rings (SSSR count). The van der Waals surface area contributed by atoms with Crippen LogP contribution in [-0.4, -0.2) is 11.7 Å². The molecule has 0 aliphatic carbocycles.